The molecule has 0 saturated carbocycles. The lowest BCUT2D eigenvalue weighted by atomic mass is 9.97. The second kappa shape index (κ2) is 18.9. The second-order valence-electron chi connectivity index (χ2n) is 10.8. The summed E-state index contributed by atoms with van der Waals surface area (Å²) in [5, 5.41) is 0. The minimum atomic E-state index is -2.51. The molecule has 238 valence electrons. The number of rotatable bonds is 19. The Hall–Kier alpha value is -3.62. The summed E-state index contributed by atoms with van der Waals surface area (Å²) in [6.07, 6.45) is 3.97. The van der Waals surface area contributed by atoms with Crippen LogP contribution in [0, 0.1) is 0 Å². The Morgan fingerprint density at radius 1 is 0.682 bits per heavy atom. The standard InChI is InChI=1S/C36H44F2O6/c1-4-6-8-10-23-41-25-33(34(37)38)29-13-11-27(12-14-29)28-15-19-32(20-16-28)44-36(40)30-17-21-31(22-18-30)43-35(39)26(3)42-24-9-7-5-2/h11-22,26,33-34H,4-10,23-25H2,1-3H3/t26-,33-/m0/s1. The summed E-state index contributed by atoms with van der Waals surface area (Å²) in [5.74, 6) is -1.37. The highest BCUT2D eigenvalue weighted by Gasteiger charge is 2.23. The van der Waals surface area contributed by atoms with Crippen LogP contribution >= 0.6 is 0 Å². The lowest BCUT2D eigenvalue weighted by Crippen LogP contribution is -2.26. The van der Waals surface area contributed by atoms with Crippen LogP contribution in [0.2, 0.25) is 0 Å². The maximum absolute atomic E-state index is 13.7. The monoisotopic (exact) mass is 610 g/mol. The fraction of sp³-hybridized carbons (Fsp3) is 0.444. The topological polar surface area (TPSA) is 71.1 Å². The van der Waals surface area contributed by atoms with E-state index in [1.54, 1.807) is 55.5 Å². The van der Waals surface area contributed by atoms with Crippen molar-refractivity contribution in [2.75, 3.05) is 19.8 Å². The van der Waals surface area contributed by atoms with Crippen molar-refractivity contribution in [2.24, 2.45) is 0 Å². The summed E-state index contributed by atoms with van der Waals surface area (Å²) in [7, 11) is 0. The Labute approximate surface area is 259 Å². The average Bonchev–Trinajstić information content (AvgIpc) is 3.03. The molecular formula is C36H44F2O6. The number of unbranched alkanes of at least 4 members (excludes halogenated alkanes) is 5. The van der Waals surface area contributed by atoms with Crippen LogP contribution in [0.15, 0.2) is 72.8 Å². The first-order chi connectivity index (χ1) is 21.3. The maximum atomic E-state index is 13.7. The number of halogens is 2. The van der Waals surface area contributed by atoms with Crippen LogP contribution in [0.1, 0.15) is 87.6 Å². The fourth-order valence-electron chi connectivity index (χ4n) is 4.50. The molecular weight excluding hydrogens is 566 g/mol. The molecule has 0 N–H and O–H groups in total. The Kier molecular flexibility index (Phi) is 15.0. The van der Waals surface area contributed by atoms with Gasteiger partial charge in [0.25, 0.3) is 0 Å². The van der Waals surface area contributed by atoms with Crippen molar-refractivity contribution in [3.05, 3.63) is 83.9 Å². The third-order valence-corrected chi connectivity index (χ3v) is 7.24. The highest BCUT2D eigenvalue weighted by molar-refractivity contribution is 5.91. The molecule has 0 bridgehead atoms. The van der Waals surface area contributed by atoms with Crippen molar-refractivity contribution < 1.29 is 37.3 Å². The molecule has 0 heterocycles. The number of carbonyl (C=O) groups excluding carboxylic acids is 2. The fourth-order valence-corrected chi connectivity index (χ4v) is 4.50. The molecule has 0 unspecified atom stereocenters. The van der Waals surface area contributed by atoms with Crippen LogP contribution in [-0.4, -0.2) is 44.3 Å². The molecule has 0 spiro atoms. The normalized spacial score (nSPS) is 12.6. The van der Waals surface area contributed by atoms with Gasteiger partial charge < -0.3 is 18.9 Å². The predicted octanol–water partition coefficient (Wildman–Crippen LogP) is 9.02. The quantitative estimate of drug-likeness (QED) is 0.0766. The van der Waals surface area contributed by atoms with E-state index < -0.39 is 30.4 Å². The van der Waals surface area contributed by atoms with Gasteiger partial charge in [0.1, 0.15) is 11.5 Å². The lowest BCUT2D eigenvalue weighted by molar-refractivity contribution is -0.146. The van der Waals surface area contributed by atoms with E-state index in [0.29, 0.717) is 35.8 Å². The van der Waals surface area contributed by atoms with E-state index in [-0.39, 0.29) is 6.61 Å². The highest BCUT2D eigenvalue weighted by Crippen LogP contribution is 2.28. The molecule has 3 aromatic rings. The first kappa shape index (κ1) is 34.9. The predicted molar refractivity (Wildman–Crippen MR) is 168 cm³/mol. The Bertz CT molecular complexity index is 1260. The zero-order valence-electron chi connectivity index (χ0n) is 25.9. The zero-order chi connectivity index (χ0) is 31.7. The summed E-state index contributed by atoms with van der Waals surface area (Å²) in [6.45, 7) is 6.85. The maximum Gasteiger partial charge on any atom is 0.343 e. The summed E-state index contributed by atoms with van der Waals surface area (Å²) >= 11 is 0. The van der Waals surface area contributed by atoms with E-state index in [4.69, 9.17) is 18.9 Å². The number of carbonyl (C=O) groups is 2. The summed E-state index contributed by atoms with van der Waals surface area (Å²) in [5.41, 5.74) is 2.54. The van der Waals surface area contributed by atoms with Crippen LogP contribution in [-0.2, 0) is 14.3 Å². The molecule has 6 nitrogen and oxygen atoms in total. The molecule has 0 aliphatic rings. The van der Waals surface area contributed by atoms with Gasteiger partial charge in [-0.3, -0.25) is 0 Å². The van der Waals surface area contributed by atoms with Crippen LogP contribution < -0.4 is 9.47 Å². The largest absolute Gasteiger partial charge is 0.425 e. The number of hydrogen-bond donors (Lipinski definition) is 0. The molecule has 0 fully saturated rings. The minimum Gasteiger partial charge on any atom is -0.425 e. The van der Waals surface area contributed by atoms with E-state index >= 15 is 0 Å². The average molecular weight is 611 g/mol. The SMILES string of the molecule is CCCCCCOC[C@@H](c1ccc(-c2ccc(OC(=O)c3ccc(OC(=O)[C@H](C)OCCCCC)cc3)cc2)cc1)C(F)F. The molecule has 0 aromatic heterocycles. The van der Waals surface area contributed by atoms with Crippen LogP contribution in [0.25, 0.3) is 11.1 Å². The van der Waals surface area contributed by atoms with Gasteiger partial charge in [-0.25, -0.2) is 18.4 Å². The van der Waals surface area contributed by atoms with Gasteiger partial charge in [0.2, 0.25) is 6.43 Å². The minimum absolute atomic E-state index is 0.00949. The molecule has 0 saturated heterocycles. The second-order valence-corrected chi connectivity index (χ2v) is 10.8. The third kappa shape index (κ3) is 11.5. The third-order valence-electron chi connectivity index (χ3n) is 7.24. The van der Waals surface area contributed by atoms with Gasteiger partial charge in [-0.1, -0.05) is 82.3 Å². The van der Waals surface area contributed by atoms with Crippen molar-refractivity contribution in [1.29, 1.82) is 0 Å². The van der Waals surface area contributed by atoms with Gasteiger partial charge in [-0.05, 0) is 72.9 Å². The first-order valence-electron chi connectivity index (χ1n) is 15.5. The molecule has 3 rings (SSSR count). The zero-order valence-corrected chi connectivity index (χ0v) is 25.9. The van der Waals surface area contributed by atoms with Crippen LogP contribution in [0.4, 0.5) is 8.78 Å². The van der Waals surface area contributed by atoms with Gasteiger partial charge >= 0.3 is 11.9 Å². The number of hydrogen-bond acceptors (Lipinski definition) is 6. The number of esters is 2. The van der Waals surface area contributed by atoms with Gasteiger partial charge in [0.15, 0.2) is 6.10 Å². The van der Waals surface area contributed by atoms with Gasteiger partial charge in [0, 0.05) is 13.2 Å². The van der Waals surface area contributed by atoms with Gasteiger partial charge in [0.05, 0.1) is 18.1 Å². The first-order valence-corrected chi connectivity index (χ1v) is 15.5. The van der Waals surface area contributed by atoms with Crippen molar-refractivity contribution in [3.8, 4) is 22.6 Å². The van der Waals surface area contributed by atoms with Gasteiger partial charge in [-0.2, -0.15) is 0 Å². The molecule has 0 amide bonds. The molecule has 44 heavy (non-hydrogen) atoms. The summed E-state index contributed by atoms with van der Waals surface area (Å²) < 4.78 is 49.3. The molecule has 0 aliphatic heterocycles. The Morgan fingerprint density at radius 2 is 1.23 bits per heavy atom. The van der Waals surface area contributed by atoms with E-state index in [0.717, 1.165) is 56.1 Å². The van der Waals surface area contributed by atoms with E-state index in [1.165, 1.54) is 24.3 Å². The van der Waals surface area contributed by atoms with Gasteiger partial charge in [-0.15, -0.1) is 0 Å². The highest BCUT2D eigenvalue weighted by atomic mass is 19.3. The van der Waals surface area contributed by atoms with E-state index in [9.17, 15) is 18.4 Å². The van der Waals surface area contributed by atoms with Crippen molar-refractivity contribution in [2.45, 2.75) is 84.2 Å². The van der Waals surface area contributed by atoms with Crippen LogP contribution in [0.3, 0.4) is 0 Å². The summed E-state index contributed by atoms with van der Waals surface area (Å²) in [4.78, 5) is 24.9. The van der Waals surface area contributed by atoms with Crippen molar-refractivity contribution >= 4 is 11.9 Å². The molecule has 2 atom stereocenters. The molecule has 8 heteroatoms. The number of ether oxygens (including phenoxy) is 4. The molecule has 3 aromatic carbocycles. The van der Waals surface area contributed by atoms with E-state index in [1.807, 2.05) is 0 Å². The lowest BCUT2D eigenvalue weighted by Gasteiger charge is -2.17. The molecule has 0 radical (unpaired) electrons. The Morgan fingerprint density at radius 3 is 1.84 bits per heavy atom. The number of alkyl halides is 2. The Balaban J connectivity index is 1.51. The van der Waals surface area contributed by atoms with Crippen molar-refractivity contribution in [3.63, 3.8) is 0 Å². The smallest absolute Gasteiger partial charge is 0.343 e. The van der Waals surface area contributed by atoms with Crippen LogP contribution in [0.5, 0.6) is 11.5 Å². The van der Waals surface area contributed by atoms with E-state index in [2.05, 4.69) is 13.8 Å². The van der Waals surface area contributed by atoms with Crippen molar-refractivity contribution in [1.82, 2.24) is 0 Å². The summed E-state index contributed by atoms with van der Waals surface area (Å²) in [6, 6.07) is 20.1. The number of benzene rings is 3. The molecule has 0 aliphatic carbocycles.